The molecule has 0 amide bonds. The van der Waals surface area contributed by atoms with E-state index in [1.54, 1.807) is 6.21 Å². The lowest BCUT2D eigenvalue weighted by Gasteiger charge is -2.12. The first-order valence-electron chi connectivity index (χ1n) is 8.10. The van der Waals surface area contributed by atoms with E-state index in [1.165, 1.54) is 0 Å². The predicted molar refractivity (Wildman–Crippen MR) is 121 cm³/mol. The minimum absolute atomic E-state index is 0.381. The molecule has 0 aromatic heterocycles. The molecule has 0 fully saturated rings. The lowest BCUT2D eigenvalue weighted by Crippen LogP contribution is -1.98. The van der Waals surface area contributed by atoms with E-state index in [2.05, 4.69) is 36.9 Å². The van der Waals surface area contributed by atoms with Crippen LogP contribution in [0.5, 0.6) is 5.75 Å². The fourth-order valence-electron chi connectivity index (χ4n) is 2.44. The summed E-state index contributed by atoms with van der Waals surface area (Å²) in [4.78, 5) is 4.54. The van der Waals surface area contributed by atoms with Crippen LogP contribution in [0.4, 0.5) is 5.69 Å². The average molecular weight is 528 g/mol. The largest absolute Gasteiger partial charge is 0.486 e. The first-order chi connectivity index (χ1) is 13.0. The van der Waals surface area contributed by atoms with E-state index in [0.717, 1.165) is 31.3 Å². The van der Waals surface area contributed by atoms with Gasteiger partial charge in [0.2, 0.25) is 0 Å². The second-order valence-electron chi connectivity index (χ2n) is 5.84. The molecule has 0 atom stereocenters. The molecular formula is C21H15Br2Cl2NO. The molecule has 3 rings (SSSR count). The Morgan fingerprint density at radius 2 is 1.63 bits per heavy atom. The van der Waals surface area contributed by atoms with E-state index in [4.69, 9.17) is 27.9 Å². The van der Waals surface area contributed by atoms with Crippen molar-refractivity contribution in [2.24, 2.45) is 4.99 Å². The van der Waals surface area contributed by atoms with Crippen molar-refractivity contribution in [3.8, 4) is 5.75 Å². The zero-order valence-electron chi connectivity index (χ0n) is 14.3. The van der Waals surface area contributed by atoms with Gasteiger partial charge in [0.1, 0.15) is 12.4 Å². The van der Waals surface area contributed by atoms with Crippen molar-refractivity contribution in [2.45, 2.75) is 13.5 Å². The summed E-state index contributed by atoms with van der Waals surface area (Å²) < 4.78 is 7.60. The van der Waals surface area contributed by atoms with Crippen LogP contribution in [0.3, 0.4) is 0 Å². The van der Waals surface area contributed by atoms with Gasteiger partial charge in [0.25, 0.3) is 0 Å². The van der Waals surface area contributed by atoms with E-state index >= 15 is 0 Å². The molecule has 0 aliphatic carbocycles. The molecule has 0 saturated carbocycles. The average Bonchev–Trinajstić information content (AvgIpc) is 2.63. The molecular weight excluding hydrogens is 513 g/mol. The van der Waals surface area contributed by atoms with E-state index in [9.17, 15) is 0 Å². The molecule has 6 heteroatoms. The van der Waals surface area contributed by atoms with Crippen LogP contribution >= 0.6 is 55.1 Å². The summed E-state index contributed by atoms with van der Waals surface area (Å²) >= 11 is 19.5. The predicted octanol–water partition coefficient (Wildman–Crippen LogP) is 8.16. The molecule has 2 nitrogen and oxygen atoms in total. The van der Waals surface area contributed by atoms with E-state index in [-0.39, 0.29) is 0 Å². The van der Waals surface area contributed by atoms with Gasteiger partial charge in [-0.3, -0.25) is 4.99 Å². The van der Waals surface area contributed by atoms with Gasteiger partial charge in [0.15, 0.2) is 0 Å². The maximum Gasteiger partial charge on any atom is 0.148 e. The van der Waals surface area contributed by atoms with Crippen molar-refractivity contribution >= 4 is 67.0 Å². The number of aliphatic imine (C=N–C) groups is 1. The van der Waals surface area contributed by atoms with Crippen molar-refractivity contribution in [1.82, 2.24) is 0 Å². The van der Waals surface area contributed by atoms with Crippen LogP contribution in [0, 0.1) is 6.92 Å². The Balaban J connectivity index is 1.79. The molecule has 0 heterocycles. The Kier molecular flexibility index (Phi) is 6.99. The highest BCUT2D eigenvalue weighted by atomic mass is 79.9. The molecule has 0 radical (unpaired) electrons. The molecule has 0 aliphatic rings. The molecule has 0 spiro atoms. The second-order valence-corrected chi connectivity index (χ2v) is 8.36. The summed E-state index contributed by atoms with van der Waals surface area (Å²) in [5.74, 6) is 0.714. The number of halogens is 4. The van der Waals surface area contributed by atoms with Gasteiger partial charge in [-0.05, 0) is 80.2 Å². The molecule has 0 bridgehead atoms. The third-order valence-electron chi connectivity index (χ3n) is 3.94. The van der Waals surface area contributed by atoms with Gasteiger partial charge in [0, 0.05) is 21.8 Å². The lowest BCUT2D eigenvalue weighted by molar-refractivity contribution is 0.302. The lowest BCUT2D eigenvalue weighted by atomic mass is 10.2. The summed E-state index contributed by atoms with van der Waals surface area (Å²) in [6.45, 7) is 2.33. The Morgan fingerprint density at radius 3 is 2.33 bits per heavy atom. The number of hydrogen-bond acceptors (Lipinski definition) is 2. The van der Waals surface area contributed by atoms with Gasteiger partial charge in [0.05, 0.1) is 14.6 Å². The Bertz CT molecular complexity index is 982. The standard InChI is InChI=1S/C21H15Br2Cl2NO/c1-13-18(24)7-4-8-20(13)26-11-14-9-16(22)21(17(23)10-14)27-12-15-5-2-3-6-19(15)25/h2-11H,12H2,1H3. The van der Waals surface area contributed by atoms with Gasteiger partial charge in [-0.1, -0.05) is 47.5 Å². The van der Waals surface area contributed by atoms with Gasteiger partial charge >= 0.3 is 0 Å². The minimum Gasteiger partial charge on any atom is -0.486 e. The van der Waals surface area contributed by atoms with Crippen LogP contribution in [0.15, 0.2) is 68.5 Å². The number of benzene rings is 3. The van der Waals surface area contributed by atoms with Gasteiger partial charge in [-0.2, -0.15) is 0 Å². The fraction of sp³-hybridized carbons (Fsp3) is 0.0952. The smallest absolute Gasteiger partial charge is 0.148 e. The minimum atomic E-state index is 0.381. The third-order valence-corrected chi connectivity index (χ3v) is 5.90. The molecule has 0 aliphatic heterocycles. The maximum absolute atomic E-state index is 6.19. The van der Waals surface area contributed by atoms with Crippen molar-refractivity contribution in [3.63, 3.8) is 0 Å². The topological polar surface area (TPSA) is 21.6 Å². The highest BCUT2D eigenvalue weighted by molar-refractivity contribution is 9.11. The Hall–Kier alpha value is -1.33. The van der Waals surface area contributed by atoms with Crippen molar-refractivity contribution in [1.29, 1.82) is 0 Å². The van der Waals surface area contributed by atoms with Crippen LogP contribution in [-0.4, -0.2) is 6.21 Å². The summed E-state index contributed by atoms with van der Waals surface area (Å²) in [6, 6.07) is 17.2. The zero-order valence-corrected chi connectivity index (χ0v) is 19.0. The molecule has 138 valence electrons. The number of ether oxygens (including phenoxy) is 1. The quantitative estimate of drug-likeness (QED) is 0.307. The van der Waals surface area contributed by atoms with Gasteiger partial charge < -0.3 is 4.74 Å². The summed E-state index contributed by atoms with van der Waals surface area (Å²) in [5, 5.41) is 1.39. The first-order valence-corrected chi connectivity index (χ1v) is 10.4. The van der Waals surface area contributed by atoms with E-state index in [0.29, 0.717) is 22.4 Å². The summed E-state index contributed by atoms with van der Waals surface area (Å²) in [5.41, 5.74) is 3.65. The molecule has 0 N–H and O–H groups in total. The summed E-state index contributed by atoms with van der Waals surface area (Å²) in [6.07, 6.45) is 1.80. The fourth-order valence-corrected chi connectivity index (χ4v) is 4.25. The van der Waals surface area contributed by atoms with Crippen molar-refractivity contribution in [3.05, 3.63) is 90.3 Å². The van der Waals surface area contributed by atoms with Crippen LogP contribution in [-0.2, 0) is 6.61 Å². The maximum atomic E-state index is 6.19. The van der Waals surface area contributed by atoms with Crippen molar-refractivity contribution in [2.75, 3.05) is 0 Å². The van der Waals surface area contributed by atoms with Crippen molar-refractivity contribution < 1.29 is 4.74 Å². The highest BCUT2D eigenvalue weighted by Gasteiger charge is 2.10. The number of rotatable bonds is 5. The first kappa shape index (κ1) is 20.4. The normalized spacial score (nSPS) is 11.1. The van der Waals surface area contributed by atoms with Crippen LogP contribution in [0.25, 0.3) is 0 Å². The SMILES string of the molecule is Cc1c(Cl)cccc1N=Cc1cc(Br)c(OCc2ccccc2Cl)c(Br)c1. The third kappa shape index (κ3) is 5.14. The Morgan fingerprint density at radius 1 is 0.963 bits per heavy atom. The summed E-state index contributed by atoms with van der Waals surface area (Å²) in [7, 11) is 0. The molecule has 0 saturated heterocycles. The number of nitrogens with zero attached hydrogens (tertiary/aromatic N) is 1. The highest BCUT2D eigenvalue weighted by Crippen LogP contribution is 2.35. The Labute approximate surface area is 185 Å². The van der Waals surface area contributed by atoms with Gasteiger partial charge in [-0.25, -0.2) is 0 Å². The van der Waals surface area contributed by atoms with Crippen LogP contribution in [0.2, 0.25) is 10.0 Å². The van der Waals surface area contributed by atoms with Crippen LogP contribution in [0.1, 0.15) is 16.7 Å². The molecule has 0 unspecified atom stereocenters. The number of hydrogen-bond donors (Lipinski definition) is 0. The van der Waals surface area contributed by atoms with E-state index in [1.807, 2.05) is 61.5 Å². The monoisotopic (exact) mass is 525 g/mol. The molecule has 3 aromatic carbocycles. The van der Waals surface area contributed by atoms with E-state index < -0.39 is 0 Å². The molecule has 3 aromatic rings. The van der Waals surface area contributed by atoms with Crippen LogP contribution < -0.4 is 4.74 Å². The molecule has 27 heavy (non-hydrogen) atoms. The zero-order chi connectivity index (χ0) is 19.4. The second kappa shape index (κ2) is 9.24. The van der Waals surface area contributed by atoms with Gasteiger partial charge in [-0.15, -0.1) is 0 Å².